The van der Waals surface area contributed by atoms with Crippen molar-refractivity contribution in [1.82, 2.24) is 19.6 Å². The Bertz CT molecular complexity index is 1080. The monoisotopic (exact) mass is 437 g/mol. The number of aromatic nitrogens is 4. The maximum Gasteiger partial charge on any atom is 0.422 e. The molecule has 0 aliphatic heterocycles. The van der Waals surface area contributed by atoms with Gasteiger partial charge in [0.25, 0.3) is 0 Å². The predicted molar refractivity (Wildman–Crippen MR) is 106 cm³/mol. The molecule has 1 aliphatic rings. The number of methoxy groups -OCH3 is 1. The van der Waals surface area contributed by atoms with E-state index in [1.54, 1.807) is 36.0 Å². The molecule has 3 aromatic rings. The van der Waals surface area contributed by atoms with E-state index in [2.05, 4.69) is 20.5 Å². The van der Waals surface area contributed by atoms with Gasteiger partial charge in [-0.05, 0) is 37.8 Å². The Hall–Kier alpha value is -3.08. The number of nitrogens with one attached hydrogen (secondary N) is 1. The van der Waals surface area contributed by atoms with Crippen molar-refractivity contribution in [3.63, 3.8) is 0 Å². The third kappa shape index (κ3) is 4.66. The zero-order valence-corrected chi connectivity index (χ0v) is 17.0. The number of halogens is 3. The largest absolute Gasteiger partial charge is 0.497 e. The molecule has 1 aromatic carbocycles. The highest BCUT2D eigenvalue weighted by molar-refractivity contribution is 5.81. The summed E-state index contributed by atoms with van der Waals surface area (Å²) in [6.07, 6.45) is 0.0141. The molecule has 2 heterocycles. The molecule has 0 saturated heterocycles. The van der Waals surface area contributed by atoms with Gasteiger partial charge in [0.15, 0.2) is 6.61 Å². The van der Waals surface area contributed by atoms with Crippen LogP contribution >= 0.6 is 0 Å². The van der Waals surface area contributed by atoms with Crippen molar-refractivity contribution in [2.45, 2.75) is 31.5 Å². The summed E-state index contributed by atoms with van der Waals surface area (Å²) in [6.45, 7) is 0.973. The van der Waals surface area contributed by atoms with Crippen LogP contribution in [0.3, 0.4) is 0 Å². The second kappa shape index (κ2) is 7.88. The highest BCUT2D eigenvalue weighted by Gasteiger charge is 2.38. The molecule has 0 atom stereocenters. The van der Waals surface area contributed by atoms with Crippen LogP contribution in [0, 0.1) is 5.92 Å². The van der Waals surface area contributed by atoms with Gasteiger partial charge in [-0.25, -0.2) is 4.98 Å². The SMILES string of the molecule is COc1ccc(-c2nnc(NC[C@H]3C[C@@](C)(O)C3)n3cncc23)c(OCC(F)(F)F)c1. The fourth-order valence-corrected chi connectivity index (χ4v) is 3.82. The third-order valence-corrected chi connectivity index (χ3v) is 5.19. The number of benzene rings is 1. The molecule has 1 aliphatic carbocycles. The minimum absolute atomic E-state index is 0.0218. The average molecular weight is 437 g/mol. The number of fused-ring (bicyclic) bond motifs is 1. The lowest BCUT2D eigenvalue weighted by atomic mass is 9.72. The summed E-state index contributed by atoms with van der Waals surface area (Å²) < 4.78 is 50.0. The van der Waals surface area contributed by atoms with Gasteiger partial charge in [-0.15, -0.1) is 10.2 Å². The van der Waals surface area contributed by atoms with Crippen LogP contribution in [0.5, 0.6) is 11.5 Å². The lowest BCUT2D eigenvalue weighted by molar-refractivity contribution is -0.153. The van der Waals surface area contributed by atoms with E-state index in [0.717, 1.165) is 0 Å². The van der Waals surface area contributed by atoms with Crippen LogP contribution in [0.2, 0.25) is 0 Å². The molecule has 2 aromatic heterocycles. The molecule has 4 rings (SSSR count). The highest BCUT2D eigenvalue weighted by Crippen LogP contribution is 2.38. The second-order valence-electron chi connectivity index (χ2n) is 7.94. The molecule has 8 nitrogen and oxygen atoms in total. The lowest BCUT2D eigenvalue weighted by Crippen LogP contribution is -2.43. The molecule has 166 valence electrons. The minimum Gasteiger partial charge on any atom is -0.497 e. The van der Waals surface area contributed by atoms with Crippen LogP contribution in [0.15, 0.2) is 30.7 Å². The Kier molecular flexibility index (Phi) is 5.38. The Balaban J connectivity index is 1.63. The average Bonchev–Trinajstić information content (AvgIpc) is 3.18. The molecule has 0 bridgehead atoms. The molecule has 2 N–H and O–H groups in total. The van der Waals surface area contributed by atoms with Crippen LogP contribution in [-0.4, -0.2) is 56.7 Å². The Morgan fingerprint density at radius 2 is 2.06 bits per heavy atom. The van der Waals surface area contributed by atoms with Crippen molar-refractivity contribution in [1.29, 1.82) is 0 Å². The van der Waals surface area contributed by atoms with Crippen molar-refractivity contribution in [3.8, 4) is 22.8 Å². The highest BCUT2D eigenvalue weighted by atomic mass is 19.4. The quantitative estimate of drug-likeness (QED) is 0.586. The van der Waals surface area contributed by atoms with Crippen molar-refractivity contribution < 1.29 is 27.8 Å². The Morgan fingerprint density at radius 3 is 2.74 bits per heavy atom. The molecular weight excluding hydrogens is 415 g/mol. The van der Waals surface area contributed by atoms with Crippen LogP contribution in [0.1, 0.15) is 19.8 Å². The smallest absolute Gasteiger partial charge is 0.422 e. The maximum atomic E-state index is 12.7. The number of anilines is 1. The normalized spacial score (nSPS) is 21.0. The van der Waals surface area contributed by atoms with Crippen LogP contribution in [-0.2, 0) is 0 Å². The first kappa shape index (κ1) is 21.2. The minimum atomic E-state index is -4.49. The van der Waals surface area contributed by atoms with Gasteiger partial charge in [0, 0.05) is 18.2 Å². The molecular formula is C20H22F3N5O3. The Labute approximate surface area is 176 Å². The van der Waals surface area contributed by atoms with E-state index in [0.29, 0.717) is 53.8 Å². The van der Waals surface area contributed by atoms with E-state index < -0.39 is 18.4 Å². The first-order chi connectivity index (χ1) is 14.6. The van der Waals surface area contributed by atoms with E-state index in [1.807, 2.05) is 0 Å². The first-order valence-electron chi connectivity index (χ1n) is 9.68. The van der Waals surface area contributed by atoms with Gasteiger partial charge in [0.2, 0.25) is 5.95 Å². The van der Waals surface area contributed by atoms with Gasteiger partial charge in [0.1, 0.15) is 23.5 Å². The summed E-state index contributed by atoms with van der Waals surface area (Å²) in [5.41, 5.74) is 0.604. The summed E-state index contributed by atoms with van der Waals surface area (Å²) >= 11 is 0. The summed E-state index contributed by atoms with van der Waals surface area (Å²) in [7, 11) is 1.42. The van der Waals surface area contributed by atoms with Gasteiger partial charge < -0.3 is 19.9 Å². The fraction of sp³-hybridized carbons (Fsp3) is 0.450. The van der Waals surface area contributed by atoms with Crippen LogP contribution < -0.4 is 14.8 Å². The zero-order valence-electron chi connectivity index (χ0n) is 17.0. The number of ether oxygens (including phenoxy) is 2. The summed E-state index contributed by atoms with van der Waals surface area (Å²) in [4.78, 5) is 4.14. The predicted octanol–water partition coefficient (Wildman–Crippen LogP) is 3.31. The number of aliphatic hydroxyl groups is 1. The van der Waals surface area contributed by atoms with Crippen molar-refractivity contribution in [2.75, 3.05) is 25.6 Å². The van der Waals surface area contributed by atoms with Crippen molar-refractivity contribution in [2.24, 2.45) is 5.92 Å². The van der Waals surface area contributed by atoms with Gasteiger partial charge in [-0.3, -0.25) is 4.40 Å². The van der Waals surface area contributed by atoms with Crippen LogP contribution in [0.4, 0.5) is 19.1 Å². The molecule has 1 fully saturated rings. The summed E-state index contributed by atoms with van der Waals surface area (Å²) in [5.74, 6) is 1.10. The van der Waals surface area contributed by atoms with Gasteiger partial charge in [-0.1, -0.05) is 0 Å². The number of rotatable bonds is 7. The lowest BCUT2D eigenvalue weighted by Gasteiger charge is -2.41. The number of alkyl halides is 3. The molecule has 31 heavy (non-hydrogen) atoms. The number of imidazole rings is 1. The molecule has 0 spiro atoms. The van der Waals surface area contributed by atoms with E-state index in [4.69, 9.17) is 9.47 Å². The summed E-state index contributed by atoms with van der Waals surface area (Å²) in [5, 5.41) is 21.5. The molecule has 0 unspecified atom stereocenters. The number of hydrogen-bond donors (Lipinski definition) is 2. The second-order valence-corrected chi connectivity index (χ2v) is 7.94. The van der Waals surface area contributed by atoms with E-state index in [9.17, 15) is 18.3 Å². The van der Waals surface area contributed by atoms with Crippen LogP contribution in [0.25, 0.3) is 16.8 Å². The standard InChI is InChI=1S/C20H22F3N5O3/c1-19(29)6-12(7-19)8-25-18-27-26-17(15-9-24-11-28(15)18)14-4-3-13(30-2)5-16(14)31-10-20(21,22)23/h3-5,9,11-12,29H,6-8,10H2,1-2H3,(H,25,27)/t12-,19+. The molecule has 0 amide bonds. The van der Waals surface area contributed by atoms with Gasteiger partial charge >= 0.3 is 6.18 Å². The number of hydrogen-bond acceptors (Lipinski definition) is 7. The fourth-order valence-electron chi connectivity index (χ4n) is 3.82. The topological polar surface area (TPSA) is 93.8 Å². The first-order valence-corrected chi connectivity index (χ1v) is 9.68. The van der Waals surface area contributed by atoms with Gasteiger partial charge in [0.05, 0.1) is 24.4 Å². The molecule has 11 heteroatoms. The number of nitrogens with zero attached hydrogens (tertiary/aromatic N) is 4. The van der Waals surface area contributed by atoms with Crippen molar-refractivity contribution >= 4 is 11.5 Å². The Morgan fingerprint density at radius 1 is 1.29 bits per heavy atom. The molecule has 0 radical (unpaired) electrons. The molecule has 1 saturated carbocycles. The van der Waals surface area contributed by atoms with E-state index in [1.165, 1.54) is 13.2 Å². The van der Waals surface area contributed by atoms with Gasteiger partial charge in [-0.2, -0.15) is 13.2 Å². The maximum absolute atomic E-state index is 12.7. The third-order valence-electron chi connectivity index (χ3n) is 5.19. The summed E-state index contributed by atoms with van der Waals surface area (Å²) in [6, 6.07) is 4.56. The van der Waals surface area contributed by atoms with E-state index in [-0.39, 0.29) is 5.75 Å². The van der Waals surface area contributed by atoms with Crippen molar-refractivity contribution in [3.05, 3.63) is 30.7 Å². The van der Waals surface area contributed by atoms with E-state index >= 15 is 0 Å². The zero-order chi connectivity index (χ0) is 22.2.